The third kappa shape index (κ3) is 4.13. The molecule has 0 amide bonds. The first-order valence-electron chi connectivity index (χ1n) is 10.4. The van der Waals surface area contributed by atoms with Gasteiger partial charge in [-0.15, -0.1) is 0 Å². The Balaban J connectivity index is 1.99. The summed E-state index contributed by atoms with van der Waals surface area (Å²) in [5.74, 6) is -0.916. The molecular formula is C23H27B3NO2. The number of aryl methyl sites for hydroxylation is 1. The molecule has 29 heavy (non-hydrogen) atoms. The summed E-state index contributed by atoms with van der Waals surface area (Å²) in [6.07, 6.45) is 4.12. The van der Waals surface area contributed by atoms with Gasteiger partial charge in [0.05, 0.1) is 21.3 Å². The van der Waals surface area contributed by atoms with Crippen LogP contribution in [0.4, 0.5) is 11.4 Å². The molecule has 1 fully saturated rings. The van der Waals surface area contributed by atoms with Crippen molar-refractivity contribution in [3.8, 4) is 0 Å². The van der Waals surface area contributed by atoms with Crippen LogP contribution in [0.25, 0.3) is 0 Å². The largest absolute Gasteiger partial charge is 0.478 e. The van der Waals surface area contributed by atoms with Crippen LogP contribution < -0.4 is 4.90 Å². The molecule has 0 bridgehead atoms. The van der Waals surface area contributed by atoms with E-state index in [1.807, 2.05) is 19.4 Å². The highest BCUT2D eigenvalue weighted by Gasteiger charge is 2.59. The molecule has 1 aliphatic heterocycles. The second kappa shape index (κ2) is 8.34. The van der Waals surface area contributed by atoms with E-state index in [2.05, 4.69) is 43.9 Å². The van der Waals surface area contributed by atoms with Gasteiger partial charge in [0.15, 0.2) is 0 Å². The second-order valence-electron chi connectivity index (χ2n) is 8.12. The van der Waals surface area contributed by atoms with Gasteiger partial charge in [-0.05, 0) is 49.2 Å². The van der Waals surface area contributed by atoms with Gasteiger partial charge in [0.1, 0.15) is 7.28 Å². The number of carboxylic acids is 1. The predicted octanol–water partition coefficient (Wildman–Crippen LogP) is 4.76. The van der Waals surface area contributed by atoms with Crippen LogP contribution >= 0.6 is 0 Å². The summed E-state index contributed by atoms with van der Waals surface area (Å²) in [5, 5.41) is 8.14. The number of carboxylic acid groups (broad SMARTS) is 1. The minimum atomic E-state index is -0.916. The molecule has 1 aliphatic rings. The van der Waals surface area contributed by atoms with Crippen molar-refractivity contribution < 1.29 is 9.90 Å². The molecular weight excluding hydrogens is 355 g/mol. The monoisotopic (exact) mass is 382 g/mol. The van der Waals surface area contributed by atoms with Crippen molar-refractivity contribution in [3.05, 3.63) is 59.2 Å². The summed E-state index contributed by atoms with van der Waals surface area (Å²) < 4.78 is 0. The van der Waals surface area contributed by atoms with Crippen LogP contribution in [0.1, 0.15) is 61.0 Å². The van der Waals surface area contributed by atoms with Crippen molar-refractivity contribution >= 4 is 40.3 Å². The minimum absolute atomic E-state index is 0.289. The van der Waals surface area contributed by atoms with Crippen LogP contribution in [-0.4, -0.2) is 40.6 Å². The van der Waals surface area contributed by atoms with Crippen molar-refractivity contribution in [2.45, 2.75) is 56.9 Å². The van der Waals surface area contributed by atoms with E-state index < -0.39 is 16.4 Å². The fourth-order valence-corrected chi connectivity index (χ4v) is 3.97. The molecule has 6 heteroatoms. The highest BCUT2D eigenvalue weighted by atomic mass is 16.4. The van der Waals surface area contributed by atoms with Gasteiger partial charge in [-0.3, -0.25) is 0 Å². The van der Waals surface area contributed by atoms with Gasteiger partial charge in [0, 0.05) is 17.9 Å². The van der Waals surface area contributed by atoms with Gasteiger partial charge in [0.25, 0.3) is 0 Å². The SMILES string of the molecule is [B]C1(CC)[B]C1([B])c1ccc(C)c(N(CCCCC)c2ccc(C(=O)O)cc2)c1. The van der Waals surface area contributed by atoms with Crippen LogP contribution in [0.5, 0.6) is 0 Å². The first kappa shape index (κ1) is 21.6. The number of nitrogens with zero attached hydrogens (tertiary/aromatic N) is 1. The molecule has 5 radical (unpaired) electrons. The molecule has 3 rings (SSSR count). The average Bonchev–Trinajstić information content (AvgIpc) is 3.29. The molecule has 0 aromatic heterocycles. The Kier molecular flexibility index (Phi) is 6.21. The Morgan fingerprint density at radius 2 is 1.79 bits per heavy atom. The van der Waals surface area contributed by atoms with E-state index in [1.165, 1.54) is 0 Å². The standard InChI is InChI=1S/C23H27B3NO2/c1-4-6-7-14-27(19-12-9-17(10-13-19)21(28)29)20-15-18(11-8-16(20)3)23(25)22(24,5-2)26-23/h8-13,15H,4-7,14H2,1-3H3,(H,28,29). The van der Waals surface area contributed by atoms with Gasteiger partial charge in [-0.1, -0.05) is 61.2 Å². The molecule has 3 nitrogen and oxygen atoms in total. The van der Waals surface area contributed by atoms with Gasteiger partial charge in [-0.2, -0.15) is 0 Å². The number of unbranched alkanes of at least 4 members (excludes halogenated alkanes) is 2. The fraction of sp³-hybridized carbons (Fsp3) is 0.435. The van der Waals surface area contributed by atoms with Crippen molar-refractivity contribution in [1.29, 1.82) is 0 Å². The minimum Gasteiger partial charge on any atom is -0.478 e. The molecule has 0 spiro atoms. The van der Waals surface area contributed by atoms with Crippen molar-refractivity contribution in [2.75, 3.05) is 11.4 Å². The van der Waals surface area contributed by atoms with Crippen LogP contribution in [0.2, 0.25) is 5.21 Å². The number of rotatable bonds is 9. The summed E-state index contributed by atoms with van der Waals surface area (Å²) >= 11 is 0. The Morgan fingerprint density at radius 3 is 2.34 bits per heavy atom. The Labute approximate surface area is 178 Å². The van der Waals surface area contributed by atoms with E-state index in [1.54, 1.807) is 12.1 Å². The molecule has 1 N–H and O–H groups in total. The lowest BCUT2D eigenvalue weighted by molar-refractivity contribution is 0.0697. The number of aromatic carboxylic acids is 1. The first-order valence-corrected chi connectivity index (χ1v) is 10.4. The number of anilines is 2. The maximum absolute atomic E-state index is 11.2. The molecule has 2 aromatic carbocycles. The van der Waals surface area contributed by atoms with Crippen LogP contribution in [0.3, 0.4) is 0 Å². The fourth-order valence-electron chi connectivity index (χ4n) is 3.97. The zero-order valence-electron chi connectivity index (χ0n) is 17.6. The predicted molar refractivity (Wildman–Crippen MR) is 123 cm³/mol. The smallest absolute Gasteiger partial charge is 0.335 e. The van der Waals surface area contributed by atoms with E-state index in [4.69, 9.17) is 15.7 Å². The highest BCUT2D eigenvalue weighted by molar-refractivity contribution is 6.80. The lowest BCUT2D eigenvalue weighted by atomic mass is 9.62. The molecule has 2 unspecified atom stereocenters. The molecule has 0 saturated carbocycles. The maximum Gasteiger partial charge on any atom is 0.335 e. The van der Waals surface area contributed by atoms with Crippen LogP contribution in [0, 0.1) is 6.92 Å². The Bertz CT molecular complexity index is 886. The topological polar surface area (TPSA) is 40.5 Å². The molecule has 1 heterocycles. The Morgan fingerprint density at radius 1 is 1.10 bits per heavy atom. The number of hydrogen-bond acceptors (Lipinski definition) is 2. The molecule has 145 valence electrons. The van der Waals surface area contributed by atoms with Gasteiger partial charge < -0.3 is 10.0 Å². The van der Waals surface area contributed by atoms with E-state index in [9.17, 15) is 9.90 Å². The molecule has 0 aliphatic carbocycles. The van der Waals surface area contributed by atoms with Crippen LogP contribution in [0.15, 0.2) is 42.5 Å². The summed E-state index contributed by atoms with van der Waals surface area (Å²) in [4.78, 5) is 13.5. The van der Waals surface area contributed by atoms with Crippen molar-refractivity contribution in [2.24, 2.45) is 0 Å². The van der Waals surface area contributed by atoms with Crippen molar-refractivity contribution in [3.63, 3.8) is 0 Å². The lowest BCUT2D eigenvalue weighted by Gasteiger charge is -2.29. The molecule has 2 atom stereocenters. The molecule has 1 saturated heterocycles. The summed E-state index contributed by atoms with van der Waals surface area (Å²) in [6.45, 7) is 7.19. The van der Waals surface area contributed by atoms with E-state index >= 15 is 0 Å². The summed E-state index contributed by atoms with van der Waals surface area (Å²) in [7, 11) is 15.1. The second-order valence-corrected chi connectivity index (χ2v) is 8.12. The quantitative estimate of drug-likeness (QED) is 0.503. The molecule has 2 aromatic rings. The van der Waals surface area contributed by atoms with E-state index in [0.29, 0.717) is 0 Å². The third-order valence-electron chi connectivity index (χ3n) is 6.15. The zero-order chi connectivity index (χ0) is 21.2. The number of benzene rings is 2. The third-order valence-corrected chi connectivity index (χ3v) is 6.15. The summed E-state index contributed by atoms with van der Waals surface area (Å²) in [5.41, 5.74) is 4.52. The maximum atomic E-state index is 11.2. The highest BCUT2D eigenvalue weighted by Crippen LogP contribution is 2.60. The van der Waals surface area contributed by atoms with Gasteiger partial charge in [-0.25, -0.2) is 4.79 Å². The average molecular weight is 382 g/mol. The Hall–Kier alpha value is -2.10. The van der Waals surface area contributed by atoms with Gasteiger partial charge >= 0.3 is 5.97 Å². The van der Waals surface area contributed by atoms with E-state index in [0.717, 1.165) is 54.7 Å². The number of hydrogen-bond donors (Lipinski definition) is 1. The lowest BCUT2D eigenvalue weighted by Crippen LogP contribution is -2.21. The van der Waals surface area contributed by atoms with Crippen molar-refractivity contribution in [1.82, 2.24) is 0 Å². The van der Waals surface area contributed by atoms with Crippen LogP contribution in [-0.2, 0) is 5.21 Å². The number of carbonyl (C=O) groups is 1. The normalized spacial score (nSPS) is 22.7. The van der Waals surface area contributed by atoms with E-state index in [-0.39, 0.29) is 5.56 Å². The zero-order valence-corrected chi connectivity index (χ0v) is 17.6. The first-order chi connectivity index (χ1) is 13.8. The van der Waals surface area contributed by atoms with Gasteiger partial charge in [0.2, 0.25) is 0 Å². The summed E-state index contributed by atoms with van der Waals surface area (Å²) in [6, 6.07) is 13.4.